The summed E-state index contributed by atoms with van der Waals surface area (Å²) in [5, 5.41) is 3.46. The van der Waals surface area contributed by atoms with Gasteiger partial charge in [0.2, 0.25) is 0 Å². The SMILES string of the molecule is CCNC(=NCC(C)COCc1ccccc1)N1CCC2(CCOC2)C1.I. The van der Waals surface area contributed by atoms with E-state index in [1.54, 1.807) is 0 Å². The van der Waals surface area contributed by atoms with Crippen LogP contribution in [0.3, 0.4) is 0 Å². The van der Waals surface area contributed by atoms with Gasteiger partial charge >= 0.3 is 0 Å². The van der Waals surface area contributed by atoms with Crippen molar-refractivity contribution in [2.75, 3.05) is 46.0 Å². The summed E-state index contributed by atoms with van der Waals surface area (Å²) in [7, 11) is 0. The highest BCUT2D eigenvalue weighted by Crippen LogP contribution is 2.38. The van der Waals surface area contributed by atoms with Crippen LogP contribution in [0.5, 0.6) is 0 Å². The minimum Gasteiger partial charge on any atom is -0.381 e. The molecule has 2 saturated heterocycles. The zero-order valence-electron chi connectivity index (χ0n) is 16.7. The second-order valence-electron chi connectivity index (χ2n) is 7.77. The van der Waals surface area contributed by atoms with E-state index in [0.29, 0.717) is 17.9 Å². The van der Waals surface area contributed by atoms with Crippen molar-refractivity contribution in [3.05, 3.63) is 35.9 Å². The van der Waals surface area contributed by atoms with Gasteiger partial charge in [0.25, 0.3) is 0 Å². The summed E-state index contributed by atoms with van der Waals surface area (Å²) in [6.07, 6.45) is 2.40. The van der Waals surface area contributed by atoms with E-state index in [2.05, 4.69) is 36.2 Å². The first-order chi connectivity index (χ1) is 12.7. The molecule has 1 aromatic carbocycles. The van der Waals surface area contributed by atoms with Gasteiger partial charge in [0, 0.05) is 38.2 Å². The van der Waals surface area contributed by atoms with Gasteiger partial charge in [0.05, 0.1) is 19.8 Å². The van der Waals surface area contributed by atoms with Crippen LogP contribution in [-0.4, -0.2) is 56.9 Å². The zero-order valence-corrected chi connectivity index (χ0v) is 19.0. The van der Waals surface area contributed by atoms with E-state index >= 15 is 0 Å². The lowest BCUT2D eigenvalue weighted by atomic mass is 9.87. The molecule has 6 heteroatoms. The Morgan fingerprint density at radius 1 is 1.33 bits per heavy atom. The summed E-state index contributed by atoms with van der Waals surface area (Å²) in [5.74, 6) is 1.45. The second kappa shape index (κ2) is 11.2. The first kappa shape index (κ1) is 22.4. The van der Waals surface area contributed by atoms with Gasteiger partial charge in [-0.05, 0) is 31.2 Å². The standard InChI is InChI=1S/C21H33N3O2.HI/c1-3-22-20(24-11-9-21(16-24)10-12-25-17-21)23-13-18(2)14-26-15-19-7-5-4-6-8-19;/h4-8,18H,3,9-17H2,1-2H3,(H,22,23);1H. The Kier molecular flexibility index (Phi) is 9.32. The molecule has 0 aliphatic carbocycles. The van der Waals surface area contributed by atoms with Crippen LogP contribution < -0.4 is 5.32 Å². The van der Waals surface area contributed by atoms with Gasteiger partial charge in [-0.2, -0.15) is 0 Å². The summed E-state index contributed by atoms with van der Waals surface area (Å²) >= 11 is 0. The Morgan fingerprint density at radius 3 is 2.85 bits per heavy atom. The fourth-order valence-electron chi connectivity index (χ4n) is 3.76. The molecule has 1 aromatic rings. The van der Waals surface area contributed by atoms with Crippen molar-refractivity contribution in [1.29, 1.82) is 0 Å². The maximum absolute atomic E-state index is 5.86. The lowest BCUT2D eigenvalue weighted by Crippen LogP contribution is -2.41. The van der Waals surface area contributed by atoms with Gasteiger partial charge < -0.3 is 19.7 Å². The maximum atomic E-state index is 5.86. The summed E-state index contributed by atoms with van der Waals surface area (Å²) in [5.41, 5.74) is 1.58. The van der Waals surface area contributed by atoms with Crippen LogP contribution in [0.4, 0.5) is 0 Å². The van der Waals surface area contributed by atoms with E-state index in [1.807, 2.05) is 18.2 Å². The van der Waals surface area contributed by atoms with Crippen molar-refractivity contribution in [3.8, 4) is 0 Å². The van der Waals surface area contributed by atoms with Crippen LogP contribution >= 0.6 is 24.0 Å². The summed E-state index contributed by atoms with van der Waals surface area (Å²) < 4.78 is 11.5. The molecule has 1 N–H and O–H groups in total. The molecule has 27 heavy (non-hydrogen) atoms. The van der Waals surface area contributed by atoms with Crippen LogP contribution in [0, 0.1) is 11.3 Å². The average molecular weight is 487 g/mol. The van der Waals surface area contributed by atoms with E-state index in [1.165, 1.54) is 18.4 Å². The number of benzene rings is 1. The van der Waals surface area contributed by atoms with Gasteiger partial charge in [0.1, 0.15) is 0 Å². The Labute approximate surface area is 180 Å². The fourth-order valence-corrected chi connectivity index (χ4v) is 3.76. The summed E-state index contributed by atoms with van der Waals surface area (Å²) in [6.45, 7) is 11.4. The van der Waals surface area contributed by atoms with Crippen LogP contribution in [0.25, 0.3) is 0 Å². The molecule has 0 bridgehead atoms. The van der Waals surface area contributed by atoms with Gasteiger partial charge in [-0.25, -0.2) is 0 Å². The molecule has 1 spiro atoms. The molecule has 0 radical (unpaired) electrons. The highest BCUT2D eigenvalue weighted by atomic mass is 127. The fraction of sp³-hybridized carbons (Fsp3) is 0.667. The smallest absolute Gasteiger partial charge is 0.193 e. The minimum absolute atomic E-state index is 0. The molecule has 3 rings (SSSR count). The molecule has 2 heterocycles. The van der Waals surface area contributed by atoms with Crippen molar-refractivity contribution in [2.24, 2.45) is 16.3 Å². The van der Waals surface area contributed by atoms with E-state index in [0.717, 1.165) is 52.0 Å². The number of rotatable bonds is 7. The third-order valence-electron chi connectivity index (χ3n) is 5.32. The molecule has 2 aliphatic rings. The van der Waals surface area contributed by atoms with Gasteiger partial charge in [-0.1, -0.05) is 37.3 Å². The van der Waals surface area contributed by atoms with E-state index in [-0.39, 0.29) is 24.0 Å². The Bertz CT molecular complexity index is 576. The van der Waals surface area contributed by atoms with E-state index < -0.39 is 0 Å². The number of nitrogens with one attached hydrogen (secondary N) is 1. The Hall–Kier alpha value is -0.860. The second-order valence-corrected chi connectivity index (χ2v) is 7.77. The lowest BCUT2D eigenvalue weighted by Gasteiger charge is -2.25. The zero-order chi connectivity index (χ0) is 18.2. The highest BCUT2D eigenvalue weighted by molar-refractivity contribution is 14.0. The summed E-state index contributed by atoms with van der Waals surface area (Å²) in [4.78, 5) is 7.30. The Morgan fingerprint density at radius 2 is 2.15 bits per heavy atom. The topological polar surface area (TPSA) is 46.1 Å². The molecule has 2 atom stereocenters. The van der Waals surface area contributed by atoms with Crippen LogP contribution in [0.1, 0.15) is 32.3 Å². The van der Waals surface area contributed by atoms with Crippen LogP contribution in [0.2, 0.25) is 0 Å². The third-order valence-corrected chi connectivity index (χ3v) is 5.32. The number of hydrogen-bond acceptors (Lipinski definition) is 3. The van der Waals surface area contributed by atoms with Crippen molar-refractivity contribution in [3.63, 3.8) is 0 Å². The Balaban J connectivity index is 0.00000261. The largest absolute Gasteiger partial charge is 0.381 e. The van der Waals surface area contributed by atoms with E-state index in [4.69, 9.17) is 14.5 Å². The van der Waals surface area contributed by atoms with Crippen LogP contribution in [0.15, 0.2) is 35.3 Å². The molecule has 0 aromatic heterocycles. The number of guanidine groups is 1. The molecule has 2 aliphatic heterocycles. The minimum atomic E-state index is 0. The number of hydrogen-bond donors (Lipinski definition) is 1. The number of nitrogens with zero attached hydrogens (tertiary/aromatic N) is 2. The van der Waals surface area contributed by atoms with Crippen molar-refractivity contribution in [1.82, 2.24) is 10.2 Å². The third kappa shape index (κ3) is 6.61. The van der Waals surface area contributed by atoms with Crippen molar-refractivity contribution < 1.29 is 9.47 Å². The quantitative estimate of drug-likeness (QED) is 0.363. The van der Waals surface area contributed by atoms with Crippen molar-refractivity contribution >= 4 is 29.9 Å². The number of likely N-dealkylation sites (tertiary alicyclic amines) is 1. The molecule has 5 nitrogen and oxygen atoms in total. The molecule has 2 fully saturated rings. The van der Waals surface area contributed by atoms with Crippen LogP contribution in [-0.2, 0) is 16.1 Å². The highest BCUT2D eigenvalue weighted by Gasteiger charge is 2.42. The first-order valence-corrected chi connectivity index (χ1v) is 9.93. The molecule has 152 valence electrons. The molecular formula is C21H34IN3O2. The number of ether oxygens (including phenoxy) is 2. The predicted octanol–water partition coefficient (Wildman–Crippen LogP) is 3.54. The maximum Gasteiger partial charge on any atom is 0.193 e. The van der Waals surface area contributed by atoms with Gasteiger partial charge in [-0.3, -0.25) is 4.99 Å². The summed E-state index contributed by atoms with van der Waals surface area (Å²) in [6, 6.07) is 10.3. The van der Waals surface area contributed by atoms with E-state index in [9.17, 15) is 0 Å². The monoisotopic (exact) mass is 487 g/mol. The molecule has 0 saturated carbocycles. The lowest BCUT2D eigenvalue weighted by molar-refractivity contribution is 0.0944. The van der Waals surface area contributed by atoms with Gasteiger partial charge in [-0.15, -0.1) is 24.0 Å². The average Bonchev–Trinajstić information content (AvgIpc) is 3.30. The number of halogens is 1. The first-order valence-electron chi connectivity index (χ1n) is 9.93. The molecule has 0 amide bonds. The van der Waals surface area contributed by atoms with Crippen molar-refractivity contribution in [2.45, 2.75) is 33.3 Å². The molecule has 2 unspecified atom stereocenters. The predicted molar refractivity (Wildman–Crippen MR) is 121 cm³/mol. The number of aliphatic imine (C=N–C) groups is 1. The van der Waals surface area contributed by atoms with Gasteiger partial charge in [0.15, 0.2) is 5.96 Å². The normalized spacial score (nSPS) is 23.5. The molecular weight excluding hydrogens is 453 g/mol.